The summed E-state index contributed by atoms with van der Waals surface area (Å²) in [6, 6.07) is 0.131. The van der Waals surface area contributed by atoms with Gasteiger partial charge in [0.05, 0.1) is 0 Å². The van der Waals surface area contributed by atoms with Crippen molar-refractivity contribution in [3.8, 4) is 0 Å². The zero-order valence-corrected chi connectivity index (χ0v) is 11.8. The number of urea groups is 1. The van der Waals surface area contributed by atoms with Crippen molar-refractivity contribution in [3.05, 3.63) is 0 Å². The van der Waals surface area contributed by atoms with E-state index in [1.807, 2.05) is 0 Å². The van der Waals surface area contributed by atoms with Gasteiger partial charge in [0, 0.05) is 19.0 Å². The zero-order valence-electron chi connectivity index (χ0n) is 11.8. The molecule has 1 saturated carbocycles. The summed E-state index contributed by atoms with van der Waals surface area (Å²) in [4.78, 5) is 22.1. The minimum Gasteiger partial charge on any atom is -0.481 e. The van der Waals surface area contributed by atoms with Crippen LogP contribution in [0.5, 0.6) is 0 Å². The molecule has 5 heteroatoms. The monoisotopic (exact) mass is 270 g/mol. The lowest BCUT2D eigenvalue weighted by Gasteiger charge is -2.34. The van der Waals surface area contributed by atoms with E-state index in [1.165, 1.54) is 19.3 Å². The molecule has 1 atom stereocenters. The smallest absolute Gasteiger partial charge is 0.315 e. The highest BCUT2D eigenvalue weighted by molar-refractivity contribution is 5.74. The summed E-state index contributed by atoms with van der Waals surface area (Å²) in [6.07, 6.45) is 7.61. The molecule has 0 aromatic heterocycles. The Bertz CT molecular complexity index is 290. The summed E-state index contributed by atoms with van der Waals surface area (Å²) in [6.45, 7) is 2.58. The van der Waals surface area contributed by atoms with E-state index in [4.69, 9.17) is 5.11 Å². The van der Waals surface area contributed by atoms with Crippen molar-refractivity contribution in [2.45, 2.75) is 64.3 Å². The number of amides is 2. The van der Waals surface area contributed by atoms with Crippen molar-refractivity contribution >= 4 is 12.0 Å². The van der Waals surface area contributed by atoms with Gasteiger partial charge in [-0.2, -0.15) is 0 Å². The average molecular weight is 270 g/mol. The van der Waals surface area contributed by atoms with Crippen LogP contribution in [0.4, 0.5) is 4.79 Å². The van der Waals surface area contributed by atoms with Gasteiger partial charge in [-0.1, -0.05) is 26.2 Å². The molecule has 0 aromatic rings. The predicted molar refractivity (Wildman–Crippen MR) is 74.1 cm³/mol. The first kappa shape index (κ1) is 15.8. The standard InChI is InChI=1S/C14H26N2O3/c1-2-3-8-12(11-6-4-7-11)16-14(19)15-10-5-9-13(17)18/h11-12H,2-10H2,1H3,(H,17,18)(H2,15,16,19). The Hall–Kier alpha value is -1.26. The fourth-order valence-electron chi connectivity index (χ4n) is 2.35. The lowest BCUT2D eigenvalue weighted by molar-refractivity contribution is -0.137. The first-order valence-electron chi connectivity index (χ1n) is 7.39. The number of aliphatic carboxylic acids is 1. The Morgan fingerprint density at radius 3 is 2.58 bits per heavy atom. The fourth-order valence-corrected chi connectivity index (χ4v) is 2.35. The van der Waals surface area contributed by atoms with Crippen LogP contribution in [-0.4, -0.2) is 29.7 Å². The van der Waals surface area contributed by atoms with Crippen LogP contribution in [0.15, 0.2) is 0 Å². The summed E-state index contributed by atoms with van der Waals surface area (Å²) in [5.74, 6) is -0.186. The Balaban J connectivity index is 2.20. The number of carboxylic acid groups (broad SMARTS) is 1. The van der Waals surface area contributed by atoms with Gasteiger partial charge in [-0.3, -0.25) is 4.79 Å². The molecular formula is C14H26N2O3. The highest BCUT2D eigenvalue weighted by Crippen LogP contribution is 2.31. The molecule has 0 saturated heterocycles. The van der Waals surface area contributed by atoms with Crippen molar-refractivity contribution in [2.24, 2.45) is 5.92 Å². The van der Waals surface area contributed by atoms with Gasteiger partial charge in [0.2, 0.25) is 0 Å². The fraction of sp³-hybridized carbons (Fsp3) is 0.857. The summed E-state index contributed by atoms with van der Waals surface area (Å²) in [5.41, 5.74) is 0. The molecule has 1 unspecified atom stereocenters. The third-order valence-corrected chi connectivity index (χ3v) is 3.76. The zero-order chi connectivity index (χ0) is 14.1. The predicted octanol–water partition coefficient (Wildman–Crippen LogP) is 2.51. The number of carboxylic acids is 1. The maximum Gasteiger partial charge on any atom is 0.315 e. The largest absolute Gasteiger partial charge is 0.481 e. The quantitative estimate of drug-likeness (QED) is 0.563. The van der Waals surface area contributed by atoms with Crippen molar-refractivity contribution in [3.63, 3.8) is 0 Å². The number of hydrogen-bond acceptors (Lipinski definition) is 2. The number of carbonyl (C=O) groups is 2. The molecule has 1 aliphatic rings. The molecule has 1 fully saturated rings. The summed E-state index contributed by atoms with van der Waals surface area (Å²) < 4.78 is 0. The van der Waals surface area contributed by atoms with Crippen molar-refractivity contribution in [1.29, 1.82) is 0 Å². The molecule has 2 amide bonds. The Labute approximate surface area is 115 Å². The minimum atomic E-state index is -0.822. The highest BCUT2D eigenvalue weighted by Gasteiger charge is 2.27. The van der Waals surface area contributed by atoms with Crippen LogP contribution in [0.25, 0.3) is 0 Å². The van der Waals surface area contributed by atoms with Crippen molar-refractivity contribution < 1.29 is 14.7 Å². The van der Waals surface area contributed by atoms with E-state index in [0.717, 1.165) is 19.3 Å². The van der Waals surface area contributed by atoms with Gasteiger partial charge in [-0.15, -0.1) is 0 Å². The molecule has 1 rings (SSSR count). The van der Waals surface area contributed by atoms with Crippen LogP contribution in [0.1, 0.15) is 58.3 Å². The van der Waals surface area contributed by atoms with Crippen molar-refractivity contribution in [1.82, 2.24) is 10.6 Å². The van der Waals surface area contributed by atoms with Gasteiger partial charge in [-0.25, -0.2) is 4.79 Å². The SMILES string of the molecule is CCCCC(NC(=O)NCCCC(=O)O)C1CCC1. The molecule has 0 radical (unpaired) electrons. The van der Waals surface area contributed by atoms with Crippen LogP contribution >= 0.6 is 0 Å². The third kappa shape index (κ3) is 6.45. The molecule has 0 aliphatic heterocycles. The summed E-state index contributed by atoms with van der Waals surface area (Å²) in [7, 11) is 0. The topological polar surface area (TPSA) is 78.4 Å². The molecule has 5 nitrogen and oxygen atoms in total. The molecular weight excluding hydrogens is 244 g/mol. The lowest BCUT2D eigenvalue weighted by atomic mass is 9.78. The van der Waals surface area contributed by atoms with Crippen molar-refractivity contribution in [2.75, 3.05) is 6.54 Å². The van der Waals surface area contributed by atoms with Crippen LogP contribution in [0.3, 0.4) is 0 Å². The normalized spacial score (nSPS) is 16.5. The van der Waals surface area contributed by atoms with E-state index in [2.05, 4.69) is 17.6 Å². The first-order chi connectivity index (χ1) is 9.13. The summed E-state index contributed by atoms with van der Waals surface area (Å²) in [5, 5.41) is 14.3. The molecule has 0 spiro atoms. The number of unbranched alkanes of at least 4 members (excludes halogenated alkanes) is 1. The van der Waals surface area contributed by atoms with Gasteiger partial charge >= 0.3 is 12.0 Å². The third-order valence-electron chi connectivity index (χ3n) is 3.76. The maximum atomic E-state index is 11.7. The van der Waals surface area contributed by atoms with E-state index in [9.17, 15) is 9.59 Å². The van der Waals surface area contributed by atoms with E-state index in [0.29, 0.717) is 18.9 Å². The number of nitrogens with one attached hydrogen (secondary N) is 2. The Kier molecular flexibility index (Phi) is 7.30. The van der Waals surface area contributed by atoms with Gasteiger partial charge in [-0.05, 0) is 31.6 Å². The highest BCUT2D eigenvalue weighted by atomic mass is 16.4. The summed E-state index contributed by atoms with van der Waals surface area (Å²) >= 11 is 0. The molecule has 19 heavy (non-hydrogen) atoms. The Morgan fingerprint density at radius 2 is 2.05 bits per heavy atom. The number of rotatable bonds is 9. The van der Waals surface area contributed by atoms with E-state index in [1.54, 1.807) is 0 Å². The van der Waals surface area contributed by atoms with E-state index in [-0.39, 0.29) is 18.5 Å². The second-order valence-corrected chi connectivity index (χ2v) is 5.34. The molecule has 0 bridgehead atoms. The second kappa shape index (κ2) is 8.77. The molecule has 0 aromatic carbocycles. The van der Waals surface area contributed by atoms with Gasteiger partial charge in [0.1, 0.15) is 0 Å². The molecule has 1 aliphatic carbocycles. The molecule has 0 heterocycles. The number of hydrogen-bond donors (Lipinski definition) is 3. The van der Waals surface area contributed by atoms with Gasteiger partial charge in [0.15, 0.2) is 0 Å². The maximum absolute atomic E-state index is 11.7. The molecule has 110 valence electrons. The Morgan fingerprint density at radius 1 is 1.32 bits per heavy atom. The van der Waals surface area contributed by atoms with Gasteiger partial charge < -0.3 is 15.7 Å². The van der Waals surface area contributed by atoms with E-state index < -0.39 is 5.97 Å². The number of carbonyl (C=O) groups excluding carboxylic acids is 1. The van der Waals surface area contributed by atoms with Crippen LogP contribution in [0, 0.1) is 5.92 Å². The van der Waals surface area contributed by atoms with Crippen LogP contribution < -0.4 is 10.6 Å². The second-order valence-electron chi connectivity index (χ2n) is 5.34. The lowest BCUT2D eigenvalue weighted by Crippen LogP contribution is -2.47. The average Bonchev–Trinajstić information content (AvgIpc) is 2.29. The minimum absolute atomic E-state index is 0.0994. The van der Waals surface area contributed by atoms with Crippen LogP contribution in [-0.2, 0) is 4.79 Å². The van der Waals surface area contributed by atoms with Crippen LogP contribution in [0.2, 0.25) is 0 Å². The first-order valence-corrected chi connectivity index (χ1v) is 7.39. The van der Waals surface area contributed by atoms with E-state index >= 15 is 0 Å². The molecule has 3 N–H and O–H groups in total. The van der Waals surface area contributed by atoms with Gasteiger partial charge in [0.25, 0.3) is 0 Å².